The van der Waals surface area contributed by atoms with Gasteiger partial charge in [0.25, 0.3) is 10.0 Å². The molecule has 1 aliphatic heterocycles. The molecule has 8 heteroatoms. The number of allylic oxidation sites excluding steroid dienone is 2. The smallest absolute Gasteiger partial charge is 0.261 e. The van der Waals surface area contributed by atoms with Crippen molar-refractivity contribution in [2.24, 2.45) is 4.99 Å². The number of carbonyl (C=O) groups excluding carboxylic acids is 1. The SMILES string of the molecule is CNc1ccc(NS(=O)(=O)c2ccc(C(C)(C)C)cc2)cc1/C(=C/C(=O)NC1=CN=CC=CC1)c1ccccc1. The van der Waals surface area contributed by atoms with Gasteiger partial charge < -0.3 is 10.6 Å². The molecule has 3 aromatic rings. The number of benzene rings is 3. The summed E-state index contributed by atoms with van der Waals surface area (Å²) in [5.41, 5.74) is 4.85. The molecule has 0 radical (unpaired) electrons. The summed E-state index contributed by atoms with van der Waals surface area (Å²) >= 11 is 0. The predicted molar refractivity (Wildman–Crippen MR) is 164 cm³/mol. The molecule has 0 unspecified atom stereocenters. The zero-order valence-corrected chi connectivity index (χ0v) is 23.9. The Morgan fingerprint density at radius 1 is 0.975 bits per heavy atom. The standard InChI is InChI=1S/C32H34N4O3S/c1-32(2,3)24-13-16-27(17-14-24)40(38,39)36-25-15-18-30(33-4)29(20-25)28(23-10-6-5-7-11-23)21-31(37)35-26-12-8-9-19-34-22-26/h5-11,13-22,33,36H,12H2,1-4H3,(H,35,37)/b28-21+. The summed E-state index contributed by atoms with van der Waals surface area (Å²) in [6, 6.07) is 21.6. The largest absolute Gasteiger partial charge is 0.388 e. The fourth-order valence-corrected chi connectivity index (χ4v) is 5.28. The maximum absolute atomic E-state index is 13.3. The van der Waals surface area contributed by atoms with Gasteiger partial charge in [-0.2, -0.15) is 0 Å². The molecular weight excluding hydrogens is 520 g/mol. The molecule has 0 aliphatic carbocycles. The van der Waals surface area contributed by atoms with Gasteiger partial charge in [0.15, 0.2) is 0 Å². The molecule has 1 heterocycles. The van der Waals surface area contributed by atoms with Crippen LogP contribution in [-0.4, -0.2) is 27.6 Å². The van der Waals surface area contributed by atoms with Gasteiger partial charge in [0.05, 0.1) is 4.90 Å². The van der Waals surface area contributed by atoms with Crippen molar-refractivity contribution >= 4 is 39.1 Å². The lowest BCUT2D eigenvalue weighted by molar-refractivity contribution is -0.115. The number of aliphatic imine (C=N–C) groups is 1. The lowest BCUT2D eigenvalue weighted by Crippen LogP contribution is -2.20. The van der Waals surface area contributed by atoms with Crippen molar-refractivity contribution < 1.29 is 13.2 Å². The van der Waals surface area contributed by atoms with Gasteiger partial charge in [-0.1, -0.05) is 69.3 Å². The summed E-state index contributed by atoms with van der Waals surface area (Å²) in [7, 11) is -2.06. The average molecular weight is 555 g/mol. The van der Waals surface area contributed by atoms with Crippen molar-refractivity contribution in [2.75, 3.05) is 17.1 Å². The lowest BCUT2D eigenvalue weighted by Gasteiger charge is -2.19. The van der Waals surface area contributed by atoms with E-state index in [2.05, 4.69) is 41.1 Å². The van der Waals surface area contributed by atoms with Crippen LogP contribution in [0.1, 0.15) is 43.9 Å². The van der Waals surface area contributed by atoms with E-state index >= 15 is 0 Å². The third kappa shape index (κ3) is 7.15. The summed E-state index contributed by atoms with van der Waals surface area (Å²) in [6.07, 6.45) is 9.09. The molecule has 3 aromatic carbocycles. The highest BCUT2D eigenvalue weighted by Crippen LogP contribution is 2.33. The first-order valence-electron chi connectivity index (χ1n) is 13.0. The van der Waals surface area contributed by atoms with Crippen LogP contribution in [0.4, 0.5) is 11.4 Å². The molecule has 0 atom stereocenters. The molecule has 7 nitrogen and oxygen atoms in total. The second-order valence-corrected chi connectivity index (χ2v) is 12.1. The van der Waals surface area contributed by atoms with Crippen LogP contribution in [0, 0.1) is 0 Å². The summed E-state index contributed by atoms with van der Waals surface area (Å²) < 4.78 is 29.2. The number of sulfonamides is 1. The Bertz CT molecular complexity index is 1600. The molecule has 1 amide bonds. The fraction of sp³-hybridized carbons (Fsp3) is 0.188. The van der Waals surface area contributed by atoms with Gasteiger partial charge in [-0.3, -0.25) is 14.5 Å². The Kier molecular flexibility index (Phi) is 8.70. The van der Waals surface area contributed by atoms with Crippen LogP contribution >= 0.6 is 0 Å². The molecule has 0 fully saturated rings. The quantitative estimate of drug-likeness (QED) is 0.287. The molecular formula is C32H34N4O3S. The highest BCUT2D eigenvalue weighted by molar-refractivity contribution is 7.92. The Labute approximate surface area is 236 Å². The van der Waals surface area contributed by atoms with E-state index in [4.69, 9.17) is 0 Å². The Morgan fingerprint density at radius 3 is 2.38 bits per heavy atom. The van der Waals surface area contributed by atoms with Crippen molar-refractivity contribution in [1.29, 1.82) is 0 Å². The van der Waals surface area contributed by atoms with E-state index in [0.717, 1.165) is 16.8 Å². The maximum atomic E-state index is 13.3. The van der Waals surface area contributed by atoms with Crippen molar-refractivity contribution in [3.05, 3.63) is 120 Å². The van der Waals surface area contributed by atoms with E-state index in [9.17, 15) is 13.2 Å². The van der Waals surface area contributed by atoms with Crippen LogP contribution in [0.2, 0.25) is 0 Å². The molecule has 40 heavy (non-hydrogen) atoms. The summed E-state index contributed by atoms with van der Waals surface area (Å²) in [4.78, 5) is 17.4. The Hall–Kier alpha value is -4.43. The third-order valence-electron chi connectivity index (χ3n) is 6.38. The van der Waals surface area contributed by atoms with Gasteiger partial charge in [0, 0.05) is 54.6 Å². The molecule has 1 aliphatic rings. The van der Waals surface area contributed by atoms with E-state index in [1.807, 2.05) is 54.6 Å². The van der Waals surface area contributed by atoms with Crippen LogP contribution < -0.4 is 15.4 Å². The minimum Gasteiger partial charge on any atom is -0.388 e. The van der Waals surface area contributed by atoms with Gasteiger partial charge >= 0.3 is 0 Å². The molecule has 3 N–H and O–H groups in total. The molecule has 206 valence electrons. The van der Waals surface area contributed by atoms with Crippen molar-refractivity contribution in [3.8, 4) is 0 Å². The molecule has 0 spiro atoms. The van der Waals surface area contributed by atoms with Gasteiger partial charge in [-0.05, 0) is 58.5 Å². The van der Waals surface area contributed by atoms with Crippen molar-refractivity contribution in [3.63, 3.8) is 0 Å². The van der Waals surface area contributed by atoms with Gasteiger partial charge in [-0.25, -0.2) is 8.42 Å². The Balaban J connectivity index is 1.70. The number of rotatable bonds is 8. The molecule has 4 rings (SSSR count). The second-order valence-electron chi connectivity index (χ2n) is 10.4. The van der Waals surface area contributed by atoms with Crippen molar-refractivity contribution in [2.45, 2.75) is 37.5 Å². The van der Waals surface area contributed by atoms with Crippen LogP contribution in [0.5, 0.6) is 0 Å². The average Bonchev–Trinajstić information content (AvgIpc) is 3.20. The molecule has 0 bridgehead atoms. The van der Waals surface area contributed by atoms with E-state index < -0.39 is 10.0 Å². The second kappa shape index (κ2) is 12.2. The number of nitrogens with one attached hydrogen (secondary N) is 3. The Morgan fingerprint density at radius 2 is 1.70 bits per heavy atom. The monoisotopic (exact) mass is 554 g/mol. The van der Waals surface area contributed by atoms with Gasteiger partial charge in [-0.15, -0.1) is 0 Å². The lowest BCUT2D eigenvalue weighted by atomic mass is 9.87. The van der Waals surface area contributed by atoms with E-state index in [1.165, 1.54) is 6.08 Å². The van der Waals surface area contributed by atoms with E-state index in [-0.39, 0.29) is 16.2 Å². The molecule has 0 saturated heterocycles. The van der Waals surface area contributed by atoms with E-state index in [1.54, 1.807) is 49.8 Å². The number of hydrogen-bond donors (Lipinski definition) is 3. The number of anilines is 2. The zero-order chi connectivity index (χ0) is 28.8. The van der Waals surface area contributed by atoms with E-state index in [0.29, 0.717) is 28.9 Å². The number of amides is 1. The van der Waals surface area contributed by atoms with Crippen molar-refractivity contribution in [1.82, 2.24) is 5.32 Å². The first-order chi connectivity index (χ1) is 19.1. The highest BCUT2D eigenvalue weighted by atomic mass is 32.2. The maximum Gasteiger partial charge on any atom is 0.261 e. The summed E-state index contributed by atoms with van der Waals surface area (Å²) in [6.45, 7) is 6.24. The molecule has 0 aromatic heterocycles. The summed E-state index contributed by atoms with van der Waals surface area (Å²) in [5.74, 6) is -0.317. The first-order valence-corrected chi connectivity index (χ1v) is 14.5. The number of carbonyl (C=O) groups is 1. The first kappa shape index (κ1) is 28.6. The minimum absolute atomic E-state index is 0.0866. The van der Waals surface area contributed by atoms with Gasteiger partial charge in [0.2, 0.25) is 5.91 Å². The number of hydrogen-bond acceptors (Lipinski definition) is 5. The normalized spacial score (nSPS) is 13.8. The number of nitrogens with zero attached hydrogens (tertiary/aromatic N) is 1. The predicted octanol–water partition coefficient (Wildman–Crippen LogP) is 6.25. The third-order valence-corrected chi connectivity index (χ3v) is 7.78. The van der Waals surface area contributed by atoms with Crippen LogP contribution in [0.25, 0.3) is 5.57 Å². The highest BCUT2D eigenvalue weighted by Gasteiger charge is 2.19. The van der Waals surface area contributed by atoms with Gasteiger partial charge in [0.1, 0.15) is 0 Å². The fourth-order valence-electron chi connectivity index (χ4n) is 4.23. The zero-order valence-electron chi connectivity index (χ0n) is 23.1. The topological polar surface area (TPSA) is 99.7 Å². The van der Waals surface area contributed by atoms with Crippen LogP contribution in [0.15, 0.2) is 113 Å². The minimum atomic E-state index is -3.84. The van der Waals surface area contributed by atoms with Crippen LogP contribution in [0.3, 0.4) is 0 Å². The molecule has 0 saturated carbocycles. The summed E-state index contributed by atoms with van der Waals surface area (Å²) in [5, 5.41) is 6.07. The van der Waals surface area contributed by atoms with Crippen LogP contribution in [-0.2, 0) is 20.2 Å².